The van der Waals surface area contributed by atoms with E-state index >= 15 is 0 Å². The van der Waals surface area contributed by atoms with Crippen LogP contribution >= 0.6 is 0 Å². The summed E-state index contributed by atoms with van der Waals surface area (Å²) in [5, 5.41) is 8.06. The summed E-state index contributed by atoms with van der Waals surface area (Å²) in [6.45, 7) is 1.52. The fourth-order valence-electron chi connectivity index (χ4n) is 4.54. The number of hydrogen-bond acceptors (Lipinski definition) is 7. The van der Waals surface area contributed by atoms with Crippen LogP contribution in [0.4, 0.5) is 5.95 Å². The van der Waals surface area contributed by atoms with Crippen molar-refractivity contribution in [2.75, 3.05) is 39.6 Å². The number of pyridine rings is 1. The Morgan fingerprint density at radius 2 is 1.77 bits per heavy atom. The van der Waals surface area contributed by atoms with Gasteiger partial charge in [-0.05, 0) is 48.2 Å². The van der Waals surface area contributed by atoms with Gasteiger partial charge in [-0.1, -0.05) is 24.3 Å². The zero-order chi connectivity index (χ0) is 24.4. The summed E-state index contributed by atoms with van der Waals surface area (Å²) >= 11 is 0. The lowest BCUT2D eigenvalue weighted by molar-refractivity contribution is -0.133. The second-order valence-corrected chi connectivity index (χ2v) is 8.78. The van der Waals surface area contributed by atoms with E-state index in [1.54, 1.807) is 43.0 Å². The van der Waals surface area contributed by atoms with Crippen molar-refractivity contribution < 1.29 is 9.53 Å². The summed E-state index contributed by atoms with van der Waals surface area (Å²) in [6, 6.07) is 16.2. The first-order chi connectivity index (χ1) is 17.0. The molecule has 0 aliphatic carbocycles. The van der Waals surface area contributed by atoms with E-state index in [0.717, 1.165) is 42.7 Å². The van der Waals surface area contributed by atoms with Crippen LogP contribution in [-0.4, -0.2) is 75.7 Å². The van der Waals surface area contributed by atoms with Crippen molar-refractivity contribution in [2.45, 2.75) is 19.0 Å². The molecular formula is C26H29N7O2. The molecule has 1 aliphatic rings. The molecule has 1 aromatic carbocycles. The number of aromatic nitrogens is 4. The Hall–Kier alpha value is -3.98. The largest absolute Gasteiger partial charge is 0.481 e. The van der Waals surface area contributed by atoms with Gasteiger partial charge in [-0.2, -0.15) is 0 Å². The van der Waals surface area contributed by atoms with Gasteiger partial charge in [0.2, 0.25) is 11.8 Å². The molecule has 1 N–H and O–H groups in total. The second kappa shape index (κ2) is 9.71. The number of benzene rings is 1. The van der Waals surface area contributed by atoms with Gasteiger partial charge in [-0.3, -0.25) is 9.69 Å². The molecule has 0 bridgehead atoms. The Morgan fingerprint density at radius 3 is 2.46 bits per heavy atom. The van der Waals surface area contributed by atoms with Crippen LogP contribution in [-0.2, 0) is 17.6 Å². The minimum Gasteiger partial charge on any atom is -0.481 e. The third-order valence-corrected chi connectivity index (χ3v) is 6.40. The van der Waals surface area contributed by atoms with Crippen molar-refractivity contribution >= 4 is 17.4 Å². The number of nitrogens with one attached hydrogen (secondary N) is 1. The van der Waals surface area contributed by atoms with Crippen molar-refractivity contribution in [3.05, 3.63) is 72.1 Å². The van der Waals surface area contributed by atoms with E-state index in [4.69, 9.17) is 9.84 Å². The molecule has 1 amide bonds. The maximum absolute atomic E-state index is 13.3. The van der Waals surface area contributed by atoms with Crippen LogP contribution in [0, 0.1) is 0 Å². The summed E-state index contributed by atoms with van der Waals surface area (Å²) in [5.74, 6) is 0.853. The van der Waals surface area contributed by atoms with Crippen LogP contribution in [0.15, 0.2) is 60.9 Å². The zero-order valence-corrected chi connectivity index (χ0v) is 20.2. The van der Waals surface area contributed by atoms with Gasteiger partial charge in [-0.25, -0.2) is 14.5 Å². The SMILES string of the molecule is COc1ncccc1-c1ccc2cnc(NC(C(=O)N(C)C)N3CCc4ccccc4CC3)nn12. The van der Waals surface area contributed by atoms with Gasteiger partial charge in [0.05, 0.1) is 30.1 Å². The molecule has 9 heteroatoms. The fourth-order valence-corrected chi connectivity index (χ4v) is 4.54. The van der Waals surface area contributed by atoms with Gasteiger partial charge >= 0.3 is 0 Å². The number of anilines is 1. The molecule has 5 rings (SSSR count). The number of ether oxygens (including phenoxy) is 1. The number of nitrogens with zero attached hydrogens (tertiary/aromatic N) is 6. The third kappa shape index (κ3) is 4.54. The lowest BCUT2D eigenvalue weighted by Gasteiger charge is -2.31. The van der Waals surface area contributed by atoms with Crippen LogP contribution in [0.3, 0.4) is 0 Å². The average Bonchev–Trinajstić information content (AvgIpc) is 3.18. The number of methoxy groups -OCH3 is 1. The van der Waals surface area contributed by atoms with Gasteiger partial charge in [0.1, 0.15) is 0 Å². The van der Waals surface area contributed by atoms with E-state index in [1.165, 1.54) is 11.1 Å². The van der Waals surface area contributed by atoms with Crippen LogP contribution in [0.25, 0.3) is 16.8 Å². The minimum atomic E-state index is -0.580. The van der Waals surface area contributed by atoms with Crippen LogP contribution < -0.4 is 10.1 Å². The highest BCUT2D eigenvalue weighted by atomic mass is 16.5. The van der Waals surface area contributed by atoms with Crippen molar-refractivity contribution in [2.24, 2.45) is 0 Å². The van der Waals surface area contributed by atoms with Crippen molar-refractivity contribution in [1.82, 2.24) is 29.4 Å². The highest BCUT2D eigenvalue weighted by Gasteiger charge is 2.29. The number of amides is 1. The molecule has 1 atom stereocenters. The lowest BCUT2D eigenvalue weighted by atomic mass is 10.0. The second-order valence-electron chi connectivity index (χ2n) is 8.78. The van der Waals surface area contributed by atoms with Crippen LogP contribution in [0.2, 0.25) is 0 Å². The highest BCUT2D eigenvalue weighted by Crippen LogP contribution is 2.29. The Morgan fingerprint density at radius 1 is 1.03 bits per heavy atom. The van der Waals surface area contributed by atoms with Crippen molar-refractivity contribution in [3.8, 4) is 17.1 Å². The number of likely N-dealkylation sites (N-methyl/N-ethyl adjacent to an activating group) is 1. The van der Waals surface area contributed by atoms with E-state index < -0.39 is 6.17 Å². The topological polar surface area (TPSA) is 87.9 Å². The standard InChI is InChI=1S/C26H29N7O2/c1-31(2)25(34)23(32-15-12-18-7-4-5-8-19(18)13-16-32)29-26-28-17-20-10-11-22(33(20)30-26)21-9-6-14-27-24(21)35-3/h4-11,14,17,23H,12-13,15-16H2,1-3H3,(H,29,30). The Kier molecular flexibility index (Phi) is 6.33. The smallest absolute Gasteiger partial charge is 0.259 e. The maximum Gasteiger partial charge on any atom is 0.259 e. The van der Waals surface area contributed by atoms with Gasteiger partial charge < -0.3 is 15.0 Å². The summed E-state index contributed by atoms with van der Waals surface area (Å²) in [7, 11) is 5.14. The third-order valence-electron chi connectivity index (χ3n) is 6.40. The Balaban J connectivity index is 1.46. The van der Waals surface area contributed by atoms with E-state index in [0.29, 0.717) is 11.8 Å². The first kappa shape index (κ1) is 22.8. The summed E-state index contributed by atoms with van der Waals surface area (Å²) in [6.07, 6.45) is 4.63. The van der Waals surface area contributed by atoms with E-state index in [9.17, 15) is 4.79 Å². The van der Waals surface area contributed by atoms with E-state index in [1.807, 2.05) is 24.3 Å². The van der Waals surface area contributed by atoms with Crippen molar-refractivity contribution in [1.29, 1.82) is 0 Å². The molecule has 9 nitrogen and oxygen atoms in total. The molecule has 1 unspecified atom stereocenters. The lowest BCUT2D eigenvalue weighted by Crippen LogP contribution is -2.52. The van der Waals surface area contributed by atoms with Gasteiger partial charge in [0, 0.05) is 33.4 Å². The number of carbonyl (C=O) groups excluding carboxylic acids is 1. The number of hydrogen-bond donors (Lipinski definition) is 1. The number of carbonyl (C=O) groups is 1. The van der Waals surface area contributed by atoms with E-state index in [-0.39, 0.29) is 5.91 Å². The maximum atomic E-state index is 13.3. The molecule has 3 aromatic heterocycles. The fraction of sp³-hybridized carbons (Fsp3) is 0.308. The van der Waals surface area contributed by atoms with Gasteiger partial charge in [0.25, 0.3) is 5.91 Å². The molecule has 0 saturated carbocycles. The number of rotatable bonds is 6. The Bertz CT molecular complexity index is 1320. The molecule has 0 radical (unpaired) electrons. The van der Waals surface area contributed by atoms with Crippen LogP contribution in [0.5, 0.6) is 5.88 Å². The Labute approximate surface area is 204 Å². The molecule has 1 aliphatic heterocycles. The van der Waals surface area contributed by atoms with Gasteiger partial charge in [0.15, 0.2) is 6.17 Å². The van der Waals surface area contributed by atoms with Crippen LogP contribution in [0.1, 0.15) is 11.1 Å². The molecule has 4 aromatic rings. The molecule has 4 heterocycles. The first-order valence-corrected chi connectivity index (χ1v) is 11.7. The minimum absolute atomic E-state index is 0.0405. The summed E-state index contributed by atoms with van der Waals surface area (Å²) in [4.78, 5) is 25.9. The summed E-state index contributed by atoms with van der Waals surface area (Å²) in [5.41, 5.74) is 5.16. The molecule has 0 saturated heterocycles. The first-order valence-electron chi connectivity index (χ1n) is 11.7. The average molecular weight is 472 g/mol. The quantitative estimate of drug-likeness (QED) is 0.463. The molecule has 0 spiro atoms. The molecule has 0 fully saturated rings. The van der Waals surface area contributed by atoms with Gasteiger partial charge in [-0.15, -0.1) is 5.10 Å². The normalized spacial score (nSPS) is 14.7. The molecular weight excluding hydrogens is 442 g/mol. The van der Waals surface area contributed by atoms with Crippen molar-refractivity contribution in [3.63, 3.8) is 0 Å². The predicted octanol–water partition coefficient (Wildman–Crippen LogP) is 2.73. The zero-order valence-electron chi connectivity index (χ0n) is 20.2. The summed E-state index contributed by atoms with van der Waals surface area (Å²) < 4.78 is 7.24. The monoisotopic (exact) mass is 471 g/mol. The molecule has 35 heavy (non-hydrogen) atoms. The highest BCUT2D eigenvalue weighted by molar-refractivity contribution is 5.83. The van der Waals surface area contributed by atoms with E-state index in [2.05, 4.69) is 44.5 Å². The predicted molar refractivity (Wildman–Crippen MR) is 134 cm³/mol. The number of fused-ring (bicyclic) bond motifs is 2. The molecule has 180 valence electrons.